The average molecular weight is 437 g/mol. The summed E-state index contributed by atoms with van der Waals surface area (Å²) in [6.45, 7) is 1.09. The van der Waals surface area contributed by atoms with E-state index in [1.54, 1.807) is 39.5 Å². The molecule has 0 radical (unpaired) electrons. The highest BCUT2D eigenvalue weighted by Crippen LogP contribution is 2.33. The molecule has 8 nitrogen and oxygen atoms in total. The standard InChI is InChI=1S/C24H28N4O4/c1-27-10-9-15-11-16(5-7-20(15)27)22(29)14-25-24(30)21-13-19(26-28(21)2)18-12-17(31-3)6-8-23(18)32-4/h5-8,11-13,22,29H,9-10,14H2,1-4H3,(H,25,30)/t22-/m1/s1. The Morgan fingerprint density at radius 3 is 2.72 bits per heavy atom. The number of nitrogens with one attached hydrogen (secondary N) is 1. The van der Waals surface area contributed by atoms with Crippen molar-refractivity contribution in [3.8, 4) is 22.8 Å². The molecule has 1 aromatic heterocycles. The van der Waals surface area contributed by atoms with Crippen molar-refractivity contribution in [3.63, 3.8) is 0 Å². The minimum absolute atomic E-state index is 0.108. The van der Waals surface area contributed by atoms with Crippen molar-refractivity contribution >= 4 is 11.6 Å². The van der Waals surface area contributed by atoms with Crippen LogP contribution in [-0.4, -0.2) is 55.2 Å². The van der Waals surface area contributed by atoms with Crippen LogP contribution in [0.15, 0.2) is 42.5 Å². The molecule has 4 rings (SSSR count). The van der Waals surface area contributed by atoms with Crippen LogP contribution in [-0.2, 0) is 13.5 Å². The topological polar surface area (TPSA) is 88.9 Å². The highest BCUT2D eigenvalue weighted by molar-refractivity contribution is 5.94. The molecular weight excluding hydrogens is 408 g/mol. The lowest BCUT2D eigenvalue weighted by Crippen LogP contribution is -2.29. The van der Waals surface area contributed by atoms with Crippen LogP contribution in [0.2, 0.25) is 0 Å². The number of aromatic nitrogens is 2. The fourth-order valence-corrected chi connectivity index (χ4v) is 4.02. The van der Waals surface area contributed by atoms with Gasteiger partial charge >= 0.3 is 0 Å². The molecule has 1 atom stereocenters. The second-order valence-corrected chi connectivity index (χ2v) is 7.89. The highest BCUT2D eigenvalue weighted by atomic mass is 16.5. The number of anilines is 1. The van der Waals surface area contributed by atoms with Crippen LogP contribution in [0.1, 0.15) is 27.7 Å². The van der Waals surface area contributed by atoms with Gasteiger partial charge in [0.2, 0.25) is 0 Å². The number of ether oxygens (including phenoxy) is 2. The number of methoxy groups -OCH3 is 2. The monoisotopic (exact) mass is 436 g/mol. The van der Waals surface area contributed by atoms with Gasteiger partial charge in [0, 0.05) is 38.4 Å². The Morgan fingerprint density at radius 1 is 1.16 bits per heavy atom. The smallest absolute Gasteiger partial charge is 0.269 e. The van der Waals surface area contributed by atoms with Crippen LogP contribution in [0, 0.1) is 0 Å². The predicted molar refractivity (Wildman–Crippen MR) is 122 cm³/mol. The second kappa shape index (κ2) is 8.92. The Bertz CT molecular complexity index is 1140. The third-order valence-electron chi connectivity index (χ3n) is 5.87. The summed E-state index contributed by atoms with van der Waals surface area (Å²) in [6.07, 6.45) is 0.172. The lowest BCUT2D eigenvalue weighted by molar-refractivity contribution is 0.0907. The maximum Gasteiger partial charge on any atom is 0.269 e. The molecule has 0 spiro atoms. The molecule has 168 valence electrons. The Kier molecular flexibility index (Phi) is 6.05. The first-order valence-electron chi connectivity index (χ1n) is 10.5. The number of rotatable bonds is 7. The summed E-state index contributed by atoms with van der Waals surface area (Å²) in [5.41, 5.74) is 4.92. The van der Waals surface area contributed by atoms with E-state index in [9.17, 15) is 9.90 Å². The maximum atomic E-state index is 12.8. The molecule has 2 N–H and O–H groups in total. The molecule has 3 aromatic rings. The number of hydrogen-bond donors (Lipinski definition) is 2. The number of carbonyl (C=O) groups is 1. The average Bonchev–Trinajstić information content (AvgIpc) is 3.39. The van der Waals surface area contributed by atoms with Gasteiger partial charge in [0.25, 0.3) is 5.91 Å². The Balaban J connectivity index is 1.47. The van der Waals surface area contributed by atoms with Crippen molar-refractivity contribution in [1.82, 2.24) is 15.1 Å². The number of amides is 1. The zero-order valence-corrected chi connectivity index (χ0v) is 18.8. The largest absolute Gasteiger partial charge is 0.497 e. The van der Waals surface area contributed by atoms with E-state index in [4.69, 9.17) is 9.47 Å². The van der Waals surface area contributed by atoms with Crippen LogP contribution in [0.4, 0.5) is 5.69 Å². The number of hydrogen-bond acceptors (Lipinski definition) is 6. The van der Waals surface area contributed by atoms with Crippen LogP contribution in [0.25, 0.3) is 11.3 Å². The Labute approximate surface area is 187 Å². The first-order valence-corrected chi connectivity index (χ1v) is 10.5. The van der Waals surface area contributed by atoms with E-state index in [0.29, 0.717) is 22.9 Å². The van der Waals surface area contributed by atoms with E-state index >= 15 is 0 Å². The van der Waals surface area contributed by atoms with Gasteiger partial charge in [0.1, 0.15) is 17.2 Å². The van der Waals surface area contributed by atoms with Gasteiger partial charge in [-0.1, -0.05) is 12.1 Å². The quantitative estimate of drug-likeness (QED) is 0.592. The summed E-state index contributed by atoms with van der Waals surface area (Å²) in [6, 6.07) is 13.1. The van der Waals surface area contributed by atoms with Crippen molar-refractivity contribution in [2.24, 2.45) is 7.05 Å². The molecule has 0 aliphatic carbocycles. The van der Waals surface area contributed by atoms with Crippen molar-refractivity contribution in [2.45, 2.75) is 12.5 Å². The number of likely N-dealkylation sites (N-methyl/N-ethyl adjacent to an activating group) is 1. The number of nitrogens with zero attached hydrogens (tertiary/aromatic N) is 3. The second-order valence-electron chi connectivity index (χ2n) is 7.89. The van der Waals surface area contributed by atoms with Gasteiger partial charge in [-0.15, -0.1) is 0 Å². The normalized spacial score (nSPS) is 13.6. The van der Waals surface area contributed by atoms with Crippen molar-refractivity contribution in [2.75, 3.05) is 39.3 Å². The molecule has 32 heavy (non-hydrogen) atoms. The molecule has 1 aliphatic rings. The molecule has 1 amide bonds. The van der Waals surface area contributed by atoms with E-state index in [0.717, 1.165) is 24.1 Å². The molecule has 0 saturated carbocycles. The SMILES string of the molecule is COc1ccc(OC)c(-c2cc(C(=O)NC[C@@H](O)c3ccc4c(c3)CCN4C)n(C)n2)c1. The summed E-state index contributed by atoms with van der Waals surface area (Å²) < 4.78 is 12.2. The minimum Gasteiger partial charge on any atom is -0.497 e. The van der Waals surface area contributed by atoms with Crippen LogP contribution < -0.4 is 19.7 Å². The highest BCUT2D eigenvalue weighted by Gasteiger charge is 2.20. The fraction of sp³-hybridized carbons (Fsp3) is 0.333. The van der Waals surface area contributed by atoms with Gasteiger partial charge in [-0.3, -0.25) is 9.48 Å². The first-order chi connectivity index (χ1) is 15.4. The zero-order chi connectivity index (χ0) is 22.8. The van der Waals surface area contributed by atoms with Crippen LogP contribution in [0.5, 0.6) is 11.5 Å². The summed E-state index contributed by atoms with van der Waals surface area (Å²) >= 11 is 0. The number of benzene rings is 2. The molecular formula is C24H28N4O4. The zero-order valence-electron chi connectivity index (χ0n) is 18.8. The molecule has 0 saturated heterocycles. The Hall–Kier alpha value is -3.52. The summed E-state index contributed by atoms with van der Waals surface area (Å²) in [5.74, 6) is 0.989. The number of aliphatic hydroxyl groups excluding tert-OH is 1. The molecule has 0 fully saturated rings. The van der Waals surface area contributed by atoms with E-state index in [1.165, 1.54) is 15.9 Å². The molecule has 2 aromatic carbocycles. The molecule has 8 heteroatoms. The summed E-state index contributed by atoms with van der Waals surface area (Å²) in [4.78, 5) is 15.0. The van der Waals surface area contributed by atoms with Gasteiger partial charge in [-0.25, -0.2) is 0 Å². The van der Waals surface area contributed by atoms with E-state index in [-0.39, 0.29) is 12.5 Å². The molecule has 2 heterocycles. The predicted octanol–water partition coefficient (Wildman–Crippen LogP) is 2.56. The van der Waals surface area contributed by atoms with Gasteiger partial charge in [0.15, 0.2) is 0 Å². The molecule has 0 bridgehead atoms. The van der Waals surface area contributed by atoms with Gasteiger partial charge in [-0.2, -0.15) is 5.10 Å². The fourth-order valence-electron chi connectivity index (χ4n) is 4.02. The van der Waals surface area contributed by atoms with Gasteiger partial charge in [0.05, 0.1) is 26.0 Å². The lowest BCUT2D eigenvalue weighted by atomic mass is 10.0. The van der Waals surface area contributed by atoms with E-state index in [2.05, 4.69) is 22.4 Å². The van der Waals surface area contributed by atoms with Crippen LogP contribution >= 0.6 is 0 Å². The number of fused-ring (bicyclic) bond motifs is 1. The molecule has 0 unspecified atom stereocenters. The van der Waals surface area contributed by atoms with E-state index < -0.39 is 6.10 Å². The van der Waals surface area contributed by atoms with Gasteiger partial charge in [-0.05, 0) is 47.9 Å². The van der Waals surface area contributed by atoms with Crippen molar-refractivity contribution in [1.29, 1.82) is 0 Å². The van der Waals surface area contributed by atoms with Crippen molar-refractivity contribution < 1.29 is 19.4 Å². The number of aliphatic hydroxyl groups is 1. The minimum atomic E-state index is -0.790. The maximum absolute atomic E-state index is 12.8. The third kappa shape index (κ3) is 4.13. The Morgan fingerprint density at radius 2 is 1.97 bits per heavy atom. The molecule has 1 aliphatic heterocycles. The van der Waals surface area contributed by atoms with Gasteiger partial charge < -0.3 is 24.8 Å². The summed E-state index contributed by atoms with van der Waals surface area (Å²) in [5, 5.41) is 17.9. The summed E-state index contributed by atoms with van der Waals surface area (Å²) in [7, 11) is 6.94. The van der Waals surface area contributed by atoms with E-state index in [1.807, 2.05) is 24.3 Å². The third-order valence-corrected chi connectivity index (χ3v) is 5.87. The first kappa shape index (κ1) is 21.7. The lowest BCUT2D eigenvalue weighted by Gasteiger charge is -2.15. The number of carbonyl (C=O) groups excluding carboxylic acids is 1. The van der Waals surface area contributed by atoms with Crippen LogP contribution in [0.3, 0.4) is 0 Å². The number of aryl methyl sites for hydroxylation is 1. The van der Waals surface area contributed by atoms with Crippen molar-refractivity contribution in [3.05, 3.63) is 59.3 Å².